The van der Waals surface area contributed by atoms with Gasteiger partial charge in [0.05, 0.1) is 37.1 Å². The van der Waals surface area contributed by atoms with Crippen LogP contribution in [0, 0.1) is 11.6 Å². The van der Waals surface area contributed by atoms with Gasteiger partial charge >= 0.3 is 5.97 Å². The first-order valence-electron chi connectivity index (χ1n) is 12.4. The molecule has 8 nitrogen and oxygen atoms in total. The van der Waals surface area contributed by atoms with Crippen LogP contribution in [-0.4, -0.2) is 80.8 Å². The number of hydrogen-bond donors (Lipinski definition) is 1. The first kappa shape index (κ1) is 25.6. The number of carbonyl (C=O) groups is 1. The minimum absolute atomic E-state index is 0.0415. The number of carbonyl (C=O) groups excluding carboxylic acids is 1. The fraction of sp³-hybridized carbons (Fsp3) is 0.500. The van der Waals surface area contributed by atoms with Crippen LogP contribution in [0.25, 0.3) is 0 Å². The molecule has 2 fully saturated rings. The molecule has 1 N–H and O–H groups in total. The molecule has 0 aromatic heterocycles. The molecular weight excluding hydrogens is 489 g/mol. The van der Waals surface area contributed by atoms with Crippen molar-refractivity contribution in [2.45, 2.75) is 37.8 Å². The summed E-state index contributed by atoms with van der Waals surface area (Å²) in [5.41, 5.74) is 0.801. The lowest BCUT2D eigenvalue weighted by atomic mass is 9.95. The molecule has 3 unspecified atom stereocenters. The molecule has 2 saturated heterocycles. The average molecular weight is 521 g/mol. The summed E-state index contributed by atoms with van der Waals surface area (Å²) in [5.74, 6) is -3.19. The van der Waals surface area contributed by atoms with Gasteiger partial charge in [0, 0.05) is 38.2 Å². The Morgan fingerprint density at radius 1 is 1.30 bits per heavy atom. The predicted octanol–water partition coefficient (Wildman–Crippen LogP) is 3.00. The number of likely N-dealkylation sites (tertiary alicyclic amines) is 1. The Morgan fingerprint density at radius 3 is 2.84 bits per heavy atom. The topological polar surface area (TPSA) is 66.5 Å². The maximum absolute atomic E-state index is 15.5. The summed E-state index contributed by atoms with van der Waals surface area (Å²) in [5, 5.41) is 3.19. The molecule has 37 heavy (non-hydrogen) atoms. The maximum Gasteiger partial charge on any atom is 0.335 e. The number of dihydropyridines is 1. The van der Waals surface area contributed by atoms with E-state index in [0.29, 0.717) is 31.7 Å². The molecule has 1 aromatic rings. The van der Waals surface area contributed by atoms with Gasteiger partial charge in [-0.25, -0.2) is 18.0 Å². The van der Waals surface area contributed by atoms with Gasteiger partial charge in [0.2, 0.25) is 0 Å². The Hall–Kier alpha value is -3.02. The summed E-state index contributed by atoms with van der Waals surface area (Å²) in [7, 11) is 3.93. The van der Waals surface area contributed by atoms with E-state index in [0.717, 1.165) is 18.7 Å². The van der Waals surface area contributed by atoms with Gasteiger partial charge in [0.25, 0.3) is 0 Å². The predicted molar refractivity (Wildman–Crippen MR) is 130 cm³/mol. The lowest BCUT2D eigenvalue weighted by Gasteiger charge is -2.41. The van der Waals surface area contributed by atoms with Crippen molar-refractivity contribution in [1.29, 1.82) is 0 Å². The lowest BCUT2D eigenvalue weighted by Crippen LogP contribution is -2.52. The van der Waals surface area contributed by atoms with Crippen LogP contribution >= 0.6 is 0 Å². The first-order chi connectivity index (χ1) is 17.7. The van der Waals surface area contributed by atoms with Gasteiger partial charge < -0.3 is 34.2 Å². The average Bonchev–Trinajstić information content (AvgIpc) is 3.43. The highest BCUT2D eigenvalue weighted by Gasteiger charge is 2.48. The molecule has 0 radical (unpaired) electrons. The van der Waals surface area contributed by atoms with Crippen molar-refractivity contribution >= 4 is 11.7 Å². The van der Waals surface area contributed by atoms with Gasteiger partial charge in [-0.2, -0.15) is 0 Å². The zero-order valence-corrected chi connectivity index (χ0v) is 21.1. The number of benzene rings is 1. The Balaban J connectivity index is 1.42. The molecule has 4 aliphatic heterocycles. The van der Waals surface area contributed by atoms with Crippen molar-refractivity contribution in [3.63, 3.8) is 0 Å². The highest BCUT2D eigenvalue weighted by Crippen LogP contribution is 2.39. The lowest BCUT2D eigenvalue weighted by molar-refractivity contribution is -0.157. The van der Waals surface area contributed by atoms with Crippen molar-refractivity contribution in [2.75, 3.05) is 51.8 Å². The third-order valence-corrected chi connectivity index (χ3v) is 6.85. The van der Waals surface area contributed by atoms with E-state index in [-0.39, 0.29) is 36.2 Å². The molecule has 0 bridgehead atoms. The van der Waals surface area contributed by atoms with Gasteiger partial charge in [-0.15, -0.1) is 0 Å². The number of esters is 1. The highest BCUT2D eigenvalue weighted by atomic mass is 19.1. The molecular formula is C26H31F3N4O4. The van der Waals surface area contributed by atoms with Crippen LogP contribution in [0.15, 0.2) is 53.3 Å². The molecule has 4 heterocycles. The van der Waals surface area contributed by atoms with Gasteiger partial charge in [0.1, 0.15) is 23.6 Å². The summed E-state index contributed by atoms with van der Waals surface area (Å²) in [6.07, 6.45) is 2.77. The van der Waals surface area contributed by atoms with Crippen LogP contribution in [-0.2, 0) is 19.0 Å². The van der Waals surface area contributed by atoms with Crippen molar-refractivity contribution in [3.05, 3.63) is 64.9 Å². The van der Waals surface area contributed by atoms with E-state index in [2.05, 4.69) is 5.32 Å². The fourth-order valence-electron chi connectivity index (χ4n) is 5.27. The Labute approximate surface area is 213 Å². The molecule has 1 aromatic carbocycles. The van der Waals surface area contributed by atoms with Crippen LogP contribution in [0.5, 0.6) is 0 Å². The highest BCUT2D eigenvalue weighted by molar-refractivity contribution is 5.90. The third kappa shape index (κ3) is 5.07. The van der Waals surface area contributed by atoms with Crippen LogP contribution in [0.4, 0.5) is 18.9 Å². The molecule has 3 atom stereocenters. The van der Waals surface area contributed by atoms with Crippen molar-refractivity contribution < 1.29 is 32.2 Å². The molecule has 200 valence electrons. The van der Waals surface area contributed by atoms with Gasteiger partial charge in [-0.1, -0.05) is 0 Å². The van der Waals surface area contributed by atoms with E-state index in [1.54, 1.807) is 6.92 Å². The van der Waals surface area contributed by atoms with Gasteiger partial charge in [-0.3, -0.25) is 0 Å². The van der Waals surface area contributed by atoms with Crippen LogP contribution in [0.1, 0.15) is 19.8 Å². The Bertz CT molecular complexity index is 1170. The van der Waals surface area contributed by atoms with Crippen molar-refractivity contribution in [3.8, 4) is 0 Å². The van der Waals surface area contributed by atoms with E-state index in [4.69, 9.17) is 14.2 Å². The third-order valence-electron chi connectivity index (χ3n) is 6.85. The summed E-state index contributed by atoms with van der Waals surface area (Å²) < 4.78 is 61.3. The molecule has 0 amide bonds. The fourth-order valence-corrected chi connectivity index (χ4v) is 5.27. The van der Waals surface area contributed by atoms with Crippen molar-refractivity contribution in [1.82, 2.24) is 15.1 Å². The minimum atomic E-state index is -0.814. The number of nitrogens with zero attached hydrogens (tertiary/aromatic N) is 3. The van der Waals surface area contributed by atoms with Crippen LogP contribution < -0.4 is 10.2 Å². The number of rotatable bonds is 6. The standard InChI is InChI=1S/C26H31F3N4O4/c1-4-35-25(34)17-9-16-10-21(29)24(30-23(16)33(12-17)22-6-5-18(27)11-20(22)28)32-8-7-26(15-32)36-14-19(37-26)13-31(2)3/h5-6,10-12,19,23,30H,4,7-9,13-15H2,1-3H3. The number of halogens is 3. The first-order valence-corrected chi connectivity index (χ1v) is 12.4. The molecule has 0 saturated carbocycles. The quantitative estimate of drug-likeness (QED) is 0.575. The van der Waals surface area contributed by atoms with E-state index in [1.807, 2.05) is 23.9 Å². The SMILES string of the molecule is CCOC(=O)C1=CN(c2ccc(F)cc2F)C2NC(N3CCC4(C3)OCC(CN(C)C)O4)=C(F)C=C2C1. The minimum Gasteiger partial charge on any atom is -0.463 e. The number of likely N-dealkylation sites (N-methyl/N-ethyl adjacent to an activating group) is 1. The molecule has 0 aliphatic carbocycles. The number of nitrogens with one attached hydrogen (secondary N) is 1. The summed E-state index contributed by atoms with van der Waals surface area (Å²) in [4.78, 5) is 17.8. The van der Waals surface area contributed by atoms with E-state index in [9.17, 15) is 13.6 Å². The second-order valence-corrected chi connectivity index (χ2v) is 9.91. The zero-order valence-electron chi connectivity index (χ0n) is 21.1. The Morgan fingerprint density at radius 2 is 2.11 bits per heavy atom. The summed E-state index contributed by atoms with van der Waals surface area (Å²) >= 11 is 0. The molecule has 11 heteroatoms. The second kappa shape index (κ2) is 10.0. The van der Waals surface area contributed by atoms with Gasteiger partial charge in [0.15, 0.2) is 11.6 Å². The smallest absolute Gasteiger partial charge is 0.335 e. The van der Waals surface area contributed by atoms with E-state index >= 15 is 4.39 Å². The van der Waals surface area contributed by atoms with Crippen LogP contribution in [0.3, 0.4) is 0 Å². The summed E-state index contributed by atoms with van der Waals surface area (Å²) in [6, 6.07) is 3.20. The number of ether oxygens (including phenoxy) is 3. The van der Waals surface area contributed by atoms with Crippen LogP contribution in [0.2, 0.25) is 0 Å². The monoisotopic (exact) mass is 520 g/mol. The summed E-state index contributed by atoms with van der Waals surface area (Å²) in [6.45, 7) is 3.86. The van der Waals surface area contributed by atoms with E-state index < -0.39 is 35.4 Å². The molecule has 5 rings (SSSR count). The number of fused-ring (bicyclic) bond motifs is 1. The largest absolute Gasteiger partial charge is 0.463 e. The Kier molecular flexibility index (Phi) is 6.95. The molecule has 4 aliphatic rings. The van der Waals surface area contributed by atoms with E-state index in [1.165, 1.54) is 23.2 Å². The second-order valence-electron chi connectivity index (χ2n) is 9.91. The normalized spacial score (nSPS) is 27.4. The number of anilines is 1. The van der Waals surface area contributed by atoms with Crippen molar-refractivity contribution in [2.24, 2.45) is 0 Å². The molecule has 1 spiro atoms. The number of allylic oxidation sites excluding steroid dienone is 2. The zero-order chi connectivity index (χ0) is 26.3. The maximum atomic E-state index is 15.5. The number of hydrogen-bond acceptors (Lipinski definition) is 8. The van der Waals surface area contributed by atoms with Gasteiger partial charge in [-0.05, 0) is 44.8 Å².